The highest BCUT2D eigenvalue weighted by Gasteiger charge is 2.27. The van der Waals surface area contributed by atoms with E-state index in [9.17, 15) is 9.90 Å². The van der Waals surface area contributed by atoms with E-state index in [1.54, 1.807) is 0 Å². The summed E-state index contributed by atoms with van der Waals surface area (Å²) >= 11 is 0. The summed E-state index contributed by atoms with van der Waals surface area (Å²) in [6, 6.07) is 13.3. The van der Waals surface area contributed by atoms with Crippen LogP contribution in [0.5, 0.6) is 0 Å². The first kappa shape index (κ1) is 29.1. The number of unbranched alkanes of at least 4 members (excludes halogenated alkanes) is 9. The zero-order valence-corrected chi connectivity index (χ0v) is 23.4. The molecule has 3 rings (SSSR count). The molecule has 0 unspecified atom stereocenters. The molecule has 202 valence electrons. The van der Waals surface area contributed by atoms with Gasteiger partial charge in [-0.1, -0.05) is 102 Å². The SMILES string of the molecule is CCCCCCCCCC=C(C(=O)O)[C@H]1CC[C@H](c2ccc(-c3ccc(CCCCC)cn3)cc2)CC1. The molecule has 0 radical (unpaired) electrons. The van der Waals surface area contributed by atoms with Crippen LogP contribution < -0.4 is 0 Å². The number of hydrogen-bond donors (Lipinski definition) is 1. The maximum absolute atomic E-state index is 12.0. The largest absolute Gasteiger partial charge is 0.478 e. The molecule has 3 nitrogen and oxygen atoms in total. The number of nitrogens with zero attached hydrogens (tertiary/aromatic N) is 1. The van der Waals surface area contributed by atoms with Crippen LogP contribution in [-0.2, 0) is 11.2 Å². The molecule has 0 atom stereocenters. The number of carboxylic acid groups (broad SMARTS) is 1. The van der Waals surface area contributed by atoms with Crippen LogP contribution in [-0.4, -0.2) is 16.1 Å². The molecule has 1 heterocycles. The predicted molar refractivity (Wildman–Crippen MR) is 156 cm³/mol. The molecule has 1 aromatic heterocycles. The van der Waals surface area contributed by atoms with Crippen LogP contribution in [0, 0.1) is 5.92 Å². The Hall–Kier alpha value is -2.42. The number of aryl methyl sites for hydroxylation is 1. The molecule has 1 N–H and O–H groups in total. The van der Waals surface area contributed by atoms with Crippen molar-refractivity contribution in [1.82, 2.24) is 4.98 Å². The normalized spacial score (nSPS) is 18.2. The fourth-order valence-corrected chi connectivity index (χ4v) is 5.77. The van der Waals surface area contributed by atoms with Gasteiger partial charge in [-0.2, -0.15) is 0 Å². The third-order valence-corrected chi connectivity index (χ3v) is 8.16. The second-order valence-electron chi connectivity index (χ2n) is 11.1. The van der Waals surface area contributed by atoms with Crippen LogP contribution in [0.15, 0.2) is 54.2 Å². The quantitative estimate of drug-likeness (QED) is 0.183. The number of pyridine rings is 1. The van der Waals surface area contributed by atoms with Crippen LogP contribution in [0.3, 0.4) is 0 Å². The smallest absolute Gasteiger partial charge is 0.331 e. The van der Waals surface area contributed by atoms with Crippen LogP contribution >= 0.6 is 0 Å². The lowest BCUT2D eigenvalue weighted by Gasteiger charge is -2.29. The maximum Gasteiger partial charge on any atom is 0.331 e. The molecule has 1 aliphatic rings. The minimum Gasteiger partial charge on any atom is -0.478 e. The average molecular weight is 504 g/mol. The third kappa shape index (κ3) is 9.76. The summed E-state index contributed by atoms with van der Waals surface area (Å²) in [6.45, 7) is 4.48. The average Bonchev–Trinajstić information content (AvgIpc) is 2.93. The van der Waals surface area contributed by atoms with Gasteiger partial charge < -0.3 is 5.11 Å². The summed E-state index contributed by atoms with van der Waals surface area (Å²) < 4.78 is 0. The minimum absolute atomic E-state index is 0.206. The van der Waals surface area contributed by atoms with E-state index in [0.29, 0.717) is 11.5 Å². The van der Waals surface area contributed by atoms with E-state index in [4.69, 9.17) is 4.98 Å². The van der Waals surface area contributed by atoms with E-state index < -0.39 is 5.97 Å². The van der Waals surface area contributed by atoms with E-state index in [2.05, 4.69) is 50.2 Å². The summed E-state index contributed by atoms with van der Waals surface area (Å²) in [4.78, 5) is 16.7. The number of hydrogen-bond acceptors (Lipinski definition) is 2. The number of aliphatic carboxylic acids is 1. The second-order valence-corrected chi connectivity index (χ2v) is 11.1. The highest BCUT2D eigenvalue weighted by Crippen LogP contribution is 2.39. The lowest BCUT2D eigenvalue weighted by Crippen LogP contribution is -2.19. The molecule has 0 saturated heterocycles. The first-order valence-electron chi connectivity index (χ1n) is 15.1. The van der Waals surface area contributed by atoms with Crippen LogP contribution in [0.4, 0.5) is 0 Å². The Labute approximate surface area is 225 Å². The predicted octanol–water partition coefficient (Wildman–Crippen LogP) is 9.91. The lowest BCUT2D eigenvalue weighted by molar-refractivity contribution is -0.133. The van der Waals surface area contributed by atoms with Gasteiger partial charge in [0.1, 0.15) is 0 Å². The lowest BCUT2D eigenvalue weighted by atomic mass is 9.75. The number of carbonyl (C=O) groups is 1. The highest BCUT2D eigenvalue weighted by molar-refractivity contribution is 5.87. The van der Waals surface area contributed by atoms with Crippen molar-refractivity contribution in [3.63, 3.8) is 0 Å². The zero-order valence-electron chi connectivity index (χ0n) is 23.4. The van der Waals surface area contributed by atoms with Crippen molar-refractivity contribution in [2.24, 2.45) is 5.92 Å². The van der Waals surface area contributed by atoms with Crippen molar-refractivity contribution >= 4 is 5.97 Å². The van der Waals surface area contributed by atoms with Gasteiger partial charge in [-0.15, -0.1) is 0 Å². The van der Waals surface area contributed by atoms with Crippen molar-refractivity contribution in [1.29, 1.82) is 0 Å². The molecule has 0 amide bonds. The fraction of sp³-hybridized carbons (Fsp3) is 0.588. The summed E-state index contributed by atoms with van der Waals surface area (Å²) in [5.74, 6) is 0.0228. The minimum atomic E-state index is -0.709. The Morgan fingerprint density at radius 2 is 1.49 bits per heavy atom. The Bertz CT molecular complexity index is 937. The Kier molecular flexibility index (Phi) is 12.9. The molecule has 2 aromatic rings. The Morgan fingerprint density at radius 3 is 2.11 bits per heavy atom. The van der Waals surface area contributed by atoms with Gasteiger partial charge in [-0.3, -0.25) is 4.98 Å². The Balaban J connectivity index is 1.46. The van der Waals surface area contributed by atoms with Gasteiger partial charge >= 0.3 is 5.97 Å². The van der Waals surface area contributed by atoms with Crippen molar-refractivity contribution in [2.75, 3.05) is 0 Å². The summed E-state index contributed by atoms with van der Waals surface area (Å²) in [5.41, 5.74) is 5.57. The molecular weight excluding hydrogens is 454 g/mol. The molecule has 0 spiro atoms. The standard InChI is InChI=1S/C34H49NO2/c1-3-5-7-8-9-10-11-13-15-32(34(36)37)30-21-17-28(18-22-30)29-19-23-31(24-20-29)33-25-16-27(26-35-33)14-12-6-4-2/h15-16,19-20,23-26,28,30H,3-14,17-18,21-22H2,1-2H3,(H,36,37)/t28-,30-. The van der Waals surface area contributed by atoms with Crippen molar-refractivity contribution in [3.05, 3.63) is 65.4 Å². The maximum atomic E-state index is 12.0. The molecule has 37 heavy (non-hydrogen) atoms. The molecule has 1 aromatic carbocycles. The van der Waals surface area contributed by atoms with Gasteiger partial charge in [-0.05, 0) is 80.4 Å². The number of allylic oxidation sites excluding steroid dienone is 1. The monoisotopic (exact) mass is 503 g/mol. The van der Waals surface area contributed by atoms with E-state index in [-0.39, 0.29) is 5.92 Å². The van der Waals surface area contributed by atoms with Gasteiger partial charge in [0, 0.05) is 17.3 Å². The molecule has 0 bridgehead atoms. The first-order chi connectivity index (χ1) is 18.1. The van der Waals surface area contributed by atoms with Crippen molar-refractivity contribution in [3.8, 4) is 11.3 Å². The summed E-state index contributed by atoms with van der Waals surface area (Å²) in [5, 5.41) is 9.84. The van der Waals surface area contributed by atoms with Gasteiger partial charge in [-0.25, -0.2) is 4.79 Å². The number of rotatable bonds is 16. The summed E-state index contributed by atoms with van der Waals surface area (Å²) in [7, 11) is 0. The fourth-order valence-electron chi connectivity index (χ4n) is 5.77. The molecule has 1 fully saturated rings. The van der Waals surface area contributed by atoms with Crippen molar-refractivity contribution in [2.45, 2.75) is 122 Å². The third-order valence-electron chi connectivity index (χ3n) is 8.16. The van der Waals surface area contributed by atoms with Gasteiger partial charge in [0.2, 0.25) is 0 Å². The molecule has 1 saturated carbocycles. The van der Waals surface area contributed by atoms with E-state index >= 15 is 0 Å². The van der Waals surface area contributed by atoms with Gasteiger partial charge in [0.05, 0.1) is 5.69 Å². The number of benzene rings is 1. The highest BCUT2D eigenvalue weighted by atomic mass is 16.4. The van der Waals surface area contributed by atoms with Gasteiger partial charge in [0.25, 0.3) is 0 Å². The second kappa shape index (κ2) is 16.4. The van der Waals surface area contributed by atoms with Crippen LogP contribution in [0.1, 0.15) is 127 Å². The van der Waals surface area contributed by atoms with Crippen molar-refractivity contribution < 1.29 is 9.90 Å². The van der Waals surface area contributed by atoms with Crippen LogP contribution in [0.2, 0.25) is 0 Å². The van der Waals surface area contributed by atoms with E-state index in [1.807, 2.05) is 12.3 Å². The topological polar surface area (TPSA) is 50.2 Å². The molecule has 3 heteroatoms. The van der Waals surface area contributed by atoms with Gasteiger partial charge in [0.15, 0.2) is 0 Å². The zero-order chi connectivity index (χ0) is 26.3. The Morgan fingerprint density at radius 1 is 0.838 bits per heavy atom. The number of aromatic nitrogens is 1. The number of carboxylic acids is 1. The molecular formula is C34H49NO2. The summed E-state index contributed by atoms with van der Waals surface area (Å²) in [6.07, 6.45) is 22.8. The first-order valence-corrected chi connectivity index (χ1v) is 15.1. The van der Waals surface area contributed by atoms with E-state index in [1.165, 1.54) is 74.5 Å². The van der Waals surface area contributed by atoms with Crippen LogP contribution in [0.25, 0.3) is 11.3 Å². The van der Waals surface area contributed by atoms with E-state index in [0.717, 1.165) is 50.6 Å². The molecule has 1 aliphatic carbocycles. The molecule has 0 aliphatic heterocycles.